The van der Waals surface area contributed by atoms with Crippen LogP contribution in [0.15, 0.2) is 0 Å². The normalized spacial score (nSPS) is 0.500. The summed E-state index contributed by atoms with van der Waals surface area (Å²) in [6, 6.07) is 0. The Morgan fingerprint density at radius 1 is 1.25 bits per heavy atom. The minimum Gasteiger partial charge on any atom is -1.00 e. The van der Waals surface area contributed by atoms with E-state index in [1.54, 1.807) is 0 Å². The molecule has 0 atom stereocenters. The smallest absolute Gasteiger partial charge is 1.00 e. The molecule has 0 aromatic rings. The second kappa shape index (κ2) is 39.8. The molecule has 0 N–H and O–H groups in total. The minimum absolute atomic E-state index is 0. The largest absolute Gasteiger partial charge is 2.00 e. The number of rotatable bonds is 0. The van der Waals surface area contributed by atoms with E-state index in [0.29, 0.717) is 0 Å². The van der Waals surface area contributed by atoms with Gasteiger partial charge in [-0.3, -0.25) is 0 Å². The molecule has 0 saturated carbocycles. The summed E-state index contributed by atoms with van der Waals surface area (Å²) in [5, 5.41) is 0. The molecule has 0 amide bonds. The Morgan fingerprint density at radius 3 is 1.25 bits per heavy atom. The fraction of sp³-hybridized carbons (Fsp3) is 0. The molecule has 0 rings (SSSR count). The van der Waals surface area contributed by atoms with E-state index >= 15 is 0 Å². The van der Waals surface area contributed by atoms with Crippen LogP contribution in [0.3, 0.4) is 0 Å². The molecule has 2 heteroatoms. The summed E-state index contributed by atoms with van der Waals surface area (Å²) in [6.45, 7) is 0. The summed E-state index contributed by atoms with van der Waals surface area (Å²) in [6.07, 6.45) is 9.00. The van der Waals surface area contributed by atoms with Gasteiger partial charge in [0.2, 0.25) is 0 Å². The van der Waals surface area contributed by atoms with Crippen LogP contribution in [0.5, 0.6) is 0 Å². The quantitative estimate of drug-likeness (QED) is 0.178. The molecule has 0 radical (unpaired) electrons. The summed E-state index contributed by atoms with van der Waals surface area (Å²) in [5.74, 6) is 0. The van der Waals surface area contributed by atoms with Gasteiger partial charge in [-0.2, -0.15) is 0 Å². The van der Waals surface area contributed by atoms with Crippen LogP contribution in [-0.4, -0.2) is 0 Å². The second-order valence-corrected chi connectivity index (χ2v) is 0. The summed E-state index contributed by atoms with van der Waals surface area (Å²) in [5.41, 5.74) is 0. The molecule has 18 valence electrons. The van der Waals surface area contributed by atoms with Crippen LogP contribution < -0.4 is 24.0 Å². The van der Waals surface area contributed by atoms with Gasteiger partial charge >= 0.3 is 19.5 Å². The van der Waals surface area contributed by atoms with E-state index in [1.165, 1.54) is 0 Å². The van der Waals surface area contributed by atoms with E-state index in [0.717, 1.165) is 0 Å². The third-order valence-corrected chi connectivity index (χ3v) is 0. The molecule has 0 saturated heterocycles. The number of terminal acetylenes is 1. The fourth-order valence-electron chi connectivity index (χ4n) is 0. The summed E-state index contributed by atoms with van der Waals surface area (Å²) >= 11 is 0. The van der Waals surface area contributed by atoms with Gasteiger partial charge in [-0.05, 0) is 0 Å². The predicted octanol–water partition coefficient (Wildman–Crippen LogP) is -2.79. The van der Waals surface area contributed by atoms with Gasteiger partial charge in [0, 0.05) is 0 Å². The Hall–Kier alpha value is 0.913. The Morgan fingerprint density at radius 2 is 1.25 bits per heavy atom. The molecule has 0 aromatic heterocycles. The molecular weight excluding hydrogens is 216 g/mol. The van der Waals surface area contributed by atoms with Crippen LogP contribution >= 0.6 is 0 Å². The maximum Gasteiger partial charge on any atom is 2.00 e. The van der Waals surface area contributed by atoms with Gasteiger partial charge in [-0.15, -0.1) is 0 Å². The average Bonchev–Trinajstić information content (AvgIpc) is 1.00. The van der Waals surface area contributed by atoms with Gasteiger partial charge in [0.15, 0.2) is 0 Å². The number of halogens is 1. The van der Waals surface area contributed by atoms with E-state index in [4.69, 9.17) is 6.42 Å². The van der Waals surface area contributed by atoms with Gasteiger partial charge in [0.1, 0.15) is 0 Å². The van der Waals surface area contributed by atoms with Crippen molar-refractivity contribution in [2.75, 3.05) is 0 Å². The maximum absolute atomic E-state index is 5.25. The van der Waals surface area contributed by atoms with Crippen molar-refractivity contribution < 1.29 is 43.5 Å². The first kappa shape index (κ1) is 20.6. The van der Waals surface area contributed by atoms with Gasteiger partial charge in [-0.25, -0.2) is 0 Å². The zero-order chi connectivity index (χ0) is 2.00. The van der Waals surface area contributed by atoms with Crippen molar-refractivity contribution in [3.63, 3.8) is 0 Å². The predicted molar refractivity (Wildman–Crippen MR) is 8.19 cm³/mol. The van der Waals surface area contributed by atoms with Crippen LogP contribution in [-0.2, 0) is 19.5 Å². The monoisotopic (exact) mass is 216 g/mol. The summed E-state index contributed by atoms with van der Waals surface area (Å²) in [4.78, 5) is 0. The molecule has 0 bridgehead atoms. The Bertz CT molecular complexity index is 10.8. The van der Waals surface area contributed by atoms with Crippen LogP contribution in [0.1, 0.15) is 0 Å². The van der Waals surface area contributed by atoms with Gasteiger partial charge < -0.3 is 36.8 Å². The van der Waals surface area contributed by atoms with Crippen LogP contribution in [0, 0.1) is 12.8 Å². The first-order valence-corrected chi connectivity index (χ1v) is 0.289. The Balaban J connectivity index is -0.00000000500. The summed E-state index contributed by atoms with van der Waals surface area (Å²) in [7, 11) is 0. The van der Waals surface area contributed by atoms with Crippen LogP contribution in [0.2, 0.25) is 0 Å². The van der Waals surface area contributed by atoms with Gasteiger partial charge in [-0.1, -0.05) is 0 Å². The van der Waals surface area contributed by atoms with Crippen molar-refractivity contribution in [2.24, 2.45) is 0 Å². The molecule has 4 heavy (non-hydrogen) atoms. The molecule has 0 aliphatic rings. The van der Waals surface area contributed by atoms with Crippen molar-refractivity contribution in [2.45, 2.75) is 0 Å². The minimum atomic E-state index is 0. The van der Waals surface area contributed by atoms with Gasteiger partial charge in [0.05, 0.1) is 0 Å². The van der Waals surface area contributed by atoms with Crippen molar-refractivity contribution in [3.8, 4) is 6.42 Å². The molecule has 0 unspecified atom stereocenters. The standard InChI is InChI=1S/C2H.HI.Zn/c1-2;;/h1H;1H;/q-1;;+2/p-1. The topological polar surface area (TPSA) is 0 Å². The third-order valence-electron chi connectivity index (χ3n) is 0. The van der Waals surface area contributed by atoms with E-state index < -0.39 is 0 Å². The first-order valence-electron chi connectivity index (χ1n) is 0.289. The number of hydrogen-bond acceptors (Lipinski definition) is 0. The SMILES string of the molecule is [C-]#C.[I-].[Zn+2]. The molecule has 0 heterocycles. The number of hydrogen-bond donors (Lipinski definition) is 0. The first-order chi connectivity index (χ1) is 1.00. The molecule has 0 aliphatic heterocycles. The van der Waals surface area contributed by atoms with Crippen molar-refractivity contribution in [1.82, 2.24) is 0 Å². The third kappa shape index (κ3) is 12.8. The molecule has 0 aromatic carbocycles. The van der Waals surface area contributed by atoms with Crippen LogP contribution in [0.25, 0.3) is 0 Å². The van der Waals surface area contributed by atoms with E-state index in [1.807, 2.05) is 0 Å². The van der Waals surface area contributed by atoms with E-state index in [2.05, 4.69) is 6.42 Å². The van der Waals surface area contributed by atoms with E-state index in [9.17, 15) is 0 Å². The molecule has 0 aliphatic carbocycles. The molecular formula is C2HIZn. The fourth-order valence-corrected chi connectivity index (χ4v) is 0. The molecule has 0 nitrogen and oxygen atoms in total. The van der Waals surface area contributed by atoms with Crippen molar-refractivity contribution in [1.29, 1.82) is 0 Å². The zero-order valence-corrected chi connectivity index (χ0v) is 7.29. The van der Waals surface area contributed by atoms with Crippen LogP contribution in [0.4, 0.5) is 0 Å². The maximum atomic E-state index is 5.25. The average molecular weight is 217 g/mol. The molecule has 0 fully saturated rings. The Labute approximate surface area is 56.1 Å². The van der Waals surface area contributed by atoms with E-state index in [-0.39, 0.29) is 43.5 Å². The Kier molecular flexibility index (Phi) is 205. The van der Waals surface area contributed by atoms with Crippen molar-refractivity contribution in [3.05, 3.63) is 6.42 Å². The molecule has 0 spiro atoms. The zero-order valence-electron chi connectivity index (χ0n) is 2.16. The second-order valence-electron chi connectivity index (χ2n) is 0. The summed E-state index contributed by atoms with van der Waals surface area (Å²) < 4.78 is 0. The van der Waals surface area contributed by atoms with Gasteiger partial charge in [0.25, 0.3) is 0 Å². The van der Waals surface area contributed by atoms with Crippen molar-refractivity contribution >= 4 is 0 Å².